The van der Waals surface area contributed by atoms with Crippen molar-refractivity contribution in [1.29, 1.82) is 0 Å². The zero-order valence-electron chi connectivity index (χ0n) is 18.6. The molecule has 0 unspecified atom stereocenters. The molecule has 0 saturated carbocycles. The normalized spacial score (nSPS) is 10.9. The Morgan fingerprint density at radius 3 is 2.43 bits per heavy atom. The number of pyridine rings is 2. The fourth-order valence-corrected chi connectivity index (χ4v) is 3.89. The smallest absolute Gasteiger partial charge is 0.335 e. The first-order valence-corrected chi connectivity index (χ1v) is 11.0. The largest absolute Gasteiger partial charge is 0.478 e. The summed E-state index contributed by atoms with van der Waals surface area (Å²) in [7, 11) is 0. The second-order valence-electron chi connectivity index (χ2n) is 7.96. The van der Waals surface area contributed by atoms with Crippen LogP contribution in [0.3, 0.4) is 0 Å². The van der Waals surface area contributed by atoms with E-state index in [1.54, 1.807) is 29.2 Å². The number of carboxylic acids is 1. The van der Waals surface area contributed by atoms with Gasteiger partial charge < -0.3 is 10.4 Å². The molecule has 3 heterocycles. The number of nitrogens with one attached hydrogen (secondary N) is 1. The number of carbonyl (C=O) groups excluding carboxylic acids is 1. The van der Waals surface area contributed by atoms with Gasteiger partial charge in [0.05, 0.1) is 16.8 Å². The van der Waals surface area contributed by atoms with Crippen LogP contribution in [0.4, 0.5) is 0 Å². The zero-order valence-corrected chi connectivity index (χ0v) is 18.6. The minimum atomic E-state index is -0.985. The molecular formula is C27H21N5O3. The van der Waals surface area contributed by atoms with Gasteiger partial charge in [0, 0.05) is 36.1 Å². The maximum atomic E-state index is 12.7. The first-order chi connectivity index (χ1) is 17.1. The van der Waals surface area contributed by atoms with Gasteiger partial charge in [0.2, 0.25) is 5.91 Å². The maximum Gasteiger partial charge on any atom is 0.335 e. The lowest BCUT2D eigenvalue weighted by atomic mass is 10.0. The molecule has 0 aliphatic heterocycles. The van der Waals surface area contributed by atoms with Crippen molar-refractivity contribution in [2.75, 3.05) is 0 Å². The molecule has 35 heavy (non-hydrogen) atoms. The Morgan fingerprint density at radius 1 is 0.857 bits per heavy atom. The second kappa shape index (κ2) is 9.56. The Bertz CT molecular complexity index is 1510. The van der Waals surface area contributed by atoms with E-state index in [4.69, 9.17) is 10.2 Å². The Hall–Kier alpha value is -4.85. The van der Waals surface area contributed by atoms with Crippen molar-refractivity contribution in [2.24, 2.45) is 0 Å². The van der Waals surface area contributed by atoms with Gasteiger partial charge in [0.15, 0.2) is 0 Å². The molecule has 0 saturated heterocycles. The molecule has 5 rings (SSSR count). The van der Waals surface area contributed by atoms with Crippen LogP contribution in [0.5, 0.6) is 0 Å². The highest BCUT2D eigenvalue weighted by atomic mass is 16.4. The van der Waals surface area contributed by atoms with Gasteiger partial charge >= 0.3 is 5.97 Å². The second-order valence-corrected chi connectivity index (χ2v) is 7.96. The first kappa shape index (κ1) is 22.0. The van der Waals surface area contributed by atoms with Crippen molar-refractivity contribution in [3.05, 3.63) is 103 Å². The summed E-state index contributed by atoms with van der Waals surface area (Å²) in [6.07, 6.45) is 5.33. The summed E-state index contributed by atoms with van der Waals surface area (Å²) in [5, 5.41) is 17.6. The van der Waals surface area contributed by atoms with Gasteiger partial charge in [-0.1, -0.05) is 36.4 Å². The van der Waals surface area contributed by atoms with Gasteiger partial charge in [-0.25, -0.2) is 4.79 Å². The highest BCUT2D eigenvalue weighted by Crippen LogP contribution is 2.34. The fourth-order valence-electron chi connectivity index (χ4n) is 3.89. The van der Waals surface area contributed by atoms with Crippen LogP contribution in [0.25, 0.3) is 33.4 Å². The summed E-state index contributed by atoms with van der Waals surface area (Å²) in [4.78, 5) is 32.6. The number of fused-ring (bicyclic) bond motifs is 1. The summed E-state index contributed by atoms with van der Waals surface area (Å²) >= 11 is 0. The molecule has 0 fully saturated rings. The van der Waals surface area contributed by atoms with Gasteiger partial charge in [-0.3, -0.25) is 19.4 Å². The number of carbonyl (C=O) groups is 2. The molecule has 8 heteroatoms. The number of carboxylic acid groups (broad SMARTS) is 1. The number of benzene rings is 2. The number of hydrogen-bond acceptors (Lipinski definition) is 5. The third-order valence-corrected chi connectivity index (χ3v) is 5.60. The molecule has 0 bridgehead atoms. The van der Waals surface area contributed by atoms with Crippen LogP contribution < -0.4 is 5.32 Å². The topological polar surface area (TPSA) is 110 Å². The quantitative estimate of drug-likeness (QED) is 0.375. The van der Waals surface area contributed by atoms with E-state index in [0.29, 0.717) is 11.4 Å². The number of aromatic carboxylic acids is 1. The lowest BCUT2D eigenvalue weighted by molar-refractivity contribution is -0.122. The van der Waals surface area contributed by atoms with E-state index >= 15 is 0 Å². The zero-order chi connectivity index (χ0) is 24.2. The number of nitrogens with zero attached hydrogens (tertiary/aromatic N) is 4. The summed E-state index contributed by atoms with van der Waals surface area (Å²) in [5.74, 6) is -1.20. The van der Waals surface area contributed by atoms with E-state index in [9.17, 15) is 9.59 Å². The fraction of sp³-hybridized carbons (Fsp3) is 0.0741. The van der Waals surface area contributed by atoms with Crippen LogP contribution in [0, 0.1) is 0 Å². The standard InChI is InChI=1S/C27H21N5O3/c33-25(30-15-18-8-10-19(11-9-18)27(34)35)17-32-16-22(26(31-32)24-7-3-4-13-28-24)20-12-14-29-23-6-2-1-5-21(20)23/h1-14,16H,15,17H2,(H,30,33)(H,34,35). The van der Waals surface area contributed by atoms with Gasteiger partial charge in [-0.15, -0.1) is 0 Å². The van der Waals surface area contributed by atoms with Crippen molar-refractivity contribution < 1.29 is 14.7 Å². The van der Waals surface area contributed by atoms with E-state index in [-0.39, 0.29) is 24.6 Å². The van der Waals surface area contributed by atoms with Crippen LogP contribution in [-0.2, 0) is 17.9 Å². The third kappa shape index (κ3) is 4.77. The van der Waals surface area contributed by atoms with Crippen molar-refractivity contribution in [3.8, 4) is 22.5 Å². The van der Waals surface area contributed by atoms with Crippen molar-refractivity contribution >= 4 is 22.8 Å². The Balaban J connectivity index is 1.41. The summed E-state index contributed by atoms with van der Waals surface area (Å²) in [5.41, 5.74) is 5.09. The SMILES string of the molecule is O=C(Cn1cc(-c2ccnc3ccccc23)c(-c2ccccn2)n1)NCc1ccc(C(=O)O)cc1. The van der Waals surface area contributed by atoms with Gasteiger partial charge in [-0.05, 0) is 47.5 Å². The molecule has 172 valence electrons. The molecule has 1 amide bonds. The third-order valence-electron chi connectivity index (χ3n) is 5.60. The van der Waals surface area contributed by atoms with Gasteiger partial charge in [-0.2, -0.15) is 5.10 Å². The molecule has 8 nitrogen and oxygen atoms in total. The van der Waals surface area contributed by atoms with E-state index in [2.05, 4.69) is 15.3 Å². The minimum absolute atomic E-state index is 0.0239. The average molecular weight is 463 g/mol. The molecule has 0 aliphatic rings. The van der Waals surface area contributed by atoms with Gasteiger partial charge in [0.1, 0.15) is 12.2 Å². The van der Waals surface area contributed by atoms with E-state index in [0.717, 1.165) is 27.6 Å². The summed E-state index contributed by atoms with van der Waals surface area (Å²) in [6, 6.07) is 21.9. The monoisotopic (exact) mass is 463 g/mol. The van der Waals surface area contributed by atoms with Crippen molar-refractivity contribution in [2.45, 2.75) is 13.1 Å². The number of rotatable bonds is 7. The number of aromatic nitrogens is 4. The minimum Gasteiger partial charge on any atom is -0.478 e. The van der Waals surface area contributed by atoms with E-state index < -0.39 is 5.97 Å². The highest BCUT2D eigenvalue weighted by Gasteiger charge is 2.17. The Kier molecular flexibility index (Phi) is 6.00. The van der Waals surface area contributed by atoms with Crippen molar-refractivity contribution in [1.82, 2.24) is 25.1 Å². The lowest BCUT2D eigenvalue weighted by Gasteiger charge is -2.06. The van der Waals surface area contributed by atoms with Crippen molar-refractivity contribution in [3.63, 3.8) is 0 Å². The number of para-hydroxylation sites is 1. The molecule has 0 radical (unpaired) electrons. The predicted molar refractivity (Wildman–Crippen MR) is 131 cm³/mol. The lowest BCUT2D eigenvalue weighted by Crippen LogP contribution is -2.27. The summed E-state index contributed by atoms with van der Waals surface area (Å²) in [6.45, 7) is 0.311. The molecule has 5 aromatic rings. The Morgan fingerprint density at radius 2 is 1.66 bits per heavy atom. The van der Waals surface area contributed by atoms with Gasteiger partial charge in [0.25, 0.3) is 0 Å². The van der Waals surface area contributed by atoms with E-state index in [1.807, 2.05) is 54.7 Å². The van der Waals surface area contributed by atoms with Crippen LogP contribution >= 0.6 is 0 Å². The molecule has 2 N–H and O–H groups in total. The van der Waals surface area contributed by atoms with Crippen LogP contribution in [0.1, 0.15) is 15.9 Å². The van der Waals surface area contributed by atoms with Crippen LogP contribution in [0.2, 0.25) is 0 Å². The van der Waals surface area contributed by atoms with Crippen LogP contribution in [0.15, 0.2) is 91.4 Å². The maximum absolute atomic E-state index is 12.7. The molecular weight excluding hydrogens is 442 g/mol. The molecule has 0 atom stereocenters. The molecule has 2 aromatic carbocycles. The number of hydrogen-bond donors (Lipinski definition) is 2. The predicted octanol–water partition coefficient (Wildman–Crippen LogP) is 4.17. The molecule has 3 aromatic heterocycles. The van der Waals surface area contributed by atoms with E-state index in [1.165, 1.54) is 12.1 Å². The molecule has 0 aliphatic carbocycles. The first-order valence-electron chi connectivity index (χ1n) is 11.0. The Labute approximate surface area is 200 Å². The van der Waals surface area contributed by atoms with Crippen LogP contribution in [-0.4, -0.2) is 36.7 Å². The summed E-state index contributed by atoms with van der Waals surface area (Å²) < 4.78 is 1.61. The average Bonchev–Trinajstić information content (AvgIpc) is 3.31. The molecule has 0 spiro atoms. The highest BCUT2D eigenvalue weighted by molar-refractivity contribution is 5.97. The number of amides is 1.